The van der Waals surface area contributed by atoms with Crippen LogP contribution in [0.15, 0.2) is 42.2 Å². The molecule has 1 unspecified atom stereocenters. The highest BCUT2D eigenvalue weighted by Crippen LogP contribution is 2.20. The van der Waals surface area contributed by atoms with Gasteiger partial charge in [0.15, 0.2) is 0 Å². The topological polar surface area (TPSA) is 71.1 Å². The van der Waals surface area contributed by atoms with E-state index in [0.717, 1.165) is 6.54 Å². The lowest BCUT2D eigenvalue weighted by Crippen LogP contribution is -2.37. The van der Waals surface area contributed by atoms with E-state index < -0.39 is 12.1 Å². The summed E-state index contributed by atoms with van der Waals surface area (Å²) in [6.07, 6.45) is 1.29. The molecule has 2 rings (SSSR count). The van der Waals surface area contributed by atoms with Crippen LogP contribution in [0.25, 0.3) is 0 Å². The monoisotopic (exact) mass is 361 g/mol. The van der Waals surface area contributed by atoms with E-state index in [2.05, 4.69) is 27.1 Å². The molecule has 26 heavy (non-hydrogen) atoms. The minimum atomic E-state index is -0.528. The molecule has 0 radical (unpaired) electrons. The molecular weight excluding hydrogens is 334 g/mol. The summed E-state index contributed by atoms with van der Waals surface area (Å²) in [4.78, 5) is 27.9. The Morgan fingerprint density at radius 1 is 1.23 bits per heavy atom. The van der Waals surface area contributed by atoms with E-state index in [1.165, 1.54) is 19.8 Å². The second-order valence-corrected chi connectivity index (χ2v) is 6.55. The maximum absolute atomic E-state index is 12.2. The number of esters is 1. The van der Waals surface area contributed by atoms with Gasteiger partial charge in [0.25, 0.3) is 0 Å². The van der Waals surface area contributed by atoms with E-state index in [4.69, 9.17) is 4.74 Å². The third-order valence-corrected chi connectivity index (χ3v) is 4.28. The van der Waals surface area contributed by atoms with Gasteiger partial charge in [-0.15, -0.1) is 0 Å². The summed E-state index contributed by atoms with van der Waals surface area (Å²) >= 11 is 0. The lowest BCUT2D eigenvalue weighted by molar-refractivity contribution is -0.144. The molecule has 1 fully saturated rings. The van der Waals surface area contributed by atoms with Crippen LogP contribution in [0.3, 0.4) is 0 Å². The standard InChI is InChI=1S/C19H27N3O4/c1-14(2)16(20-19(24)26-4)11-22-13-21(12-17(22)18(23)25-3)10-15-8-6-5-7-9-15/h5-9,11,14,17H,10,12-13H2,1-4H3,(H,20,24). The van der Waals surface area contributed by atoms with Gasteiger partial charge in [-0.2, -0.15) is 0 Å². The largest absolute Gasteiger partial charge is 0.467 e. The molecule has 1 aromatic rings. The number of carbonyl (C=O) groups is 2. The van der Waals surface area contributed by atoms with Crippen LogP contribution in [0, 0.1) is 5.92 Å². The van der Waals surface area contributed by atoms with Gasteiger partial charge in [-0.25, -0.2) is 9.59 Å². The van der Waals surface area contributed by atoms with Crippen LogP contribution in [0.4, 0.5) is 4.79 Å². The van der Waals surface area contributed by atoms with Gasteiger partial charge in [0.1, 0.15) is 6.04 Å². The highest BCUT2D eigenvalue weighted by atomic mass is 16.5. The summed E-state index contributed by atoms with van der Waals surface area (Å²) in [6.45, 7) is 5.79. The summed E-state index contributed by atoms with van der Waals surface area (Å²) in [5.74, 6) is -0.228. The number of benzene rings is 1. The minimum absolute atomic E-state index is 0.0653. The number of allylic oxidation sites excluding steroid dienone is 1. The van der Waals surface area contributed by atoms with Gasteiger partial charge >= 0.3 is 12.1 Å². The fraction of sp³-hybridized carbons (Fsp3) is 0.474. The number of methoxy groups -OCH3 is 2. The number of carbonyl (C=O) groups excluding carboxylic acids is 2. The third-order valence-electron chi connectivity index (χ3n) is 4.28. The van der Waals surface area contributed by atoms with Crippen LogP contribution in [0.1, 0.15) is 19.4 Å². The average Bonchev–Trinajstić information content (AvgIpc) is 3.03. The second kappa shape index (κ2) is 9.24. The first-order valence-corrected chi connectivity index (χ1v) is 8.61. The zero-order valence-corrected chi connectivity index (χ0v) is 15.8. The Balaban J connectivity index is 2.18. The number of nitrogens with one attached hydrogen (secondary N) is 1. The van der Waals surface area contributed by atoms with Crippen molar-refractivity contribution in [3.63, 3.8) is 0 Å². The van der Waals surface area contributed by atoms with E-state index in [9.17, 15) is 9.59 Å². The molecule has 1 atom stereocenters. The van der Waals surface area contributed by atoms with Gasteiger partial charge in [0.2, 0.25) is 0 Å². The zero-order valence-electron chi connectivity index (χ0n) is 15.8. The van der Waals surface area contributed by atoms with Crippen LogP contribution >= 0.6 is 0 Å². The molecule has 0 spiro atoms. The van der Waals surface area contributed by atoms with Crippen molar-refractivity contribution >= 4 is 12.1 Å². The van der Waals surface area contributed by atoms with Crippen molar-refractivity contribution in [1.82, 2.24) is 15.1 Å². The summed E-state index contributed by atoms with van der Waals surface area (Å²) in [6, 6.07) is 9.67. The molecule has 0 bridgehead atoms. The van der Waals surface area contributed by atoms with E-state index >= 15 is 0 Å². The summed E-state index contributed by atoms with van der Waals surface area (Å²) in [7, 11) is 2.71. The van der Waals surface area contributed by atoms with Crippen LogP contribution in [-0.4, -0.2) is 55.3 Å². The van der Waals surface area contributed by atoms with Crippen LogP contribution < -0.4 is 5.32 Å². The molecule has 1 aromatic carbocycles. The van der Waals surface area contributed by atoms with Gasteiger partial charge in [-0.1, -0.05) is 44.2 Å². The Morgan fingerprint density at radius 3 is 2.50 bits per heavy atom. The smallest absolute Gasteiger partial charge is 0.411 e. The van der Waals surface area contributed by atoms with Crippen LogP contribution in [0.2, 0.25) is 0 Å². The molecule has 1 saturated heterocycles. The molecule has 1 aliphatic heterocycles. The van der Waals surface area contributed by atoms with Gasteiger partial charge in [-0.3, -0.25) is 10.2 Å². The highest BCUT2D eigenvalue weighted by molar-refractivity contribution is 5.76. The molecule has 142 valence electrons. The maximum atomic E-state index is 12.2. The molecule has 0 aliphatic carbocycles. The highest BCUT2D eigenvalue weighted by Gasteiger charge is 2.35. The van der Waals surface area contributed by atoms with Crippen molar-refractivity contribution in [1.29, 1.82) is 0 Å². The van der Waals surface area contributed by atoms with E-state index in [1.54, 1.807) is 0 Å². The molecule has 7 nitrogen and oxygen atoms in total. The van der Waals surface area contributed by atoms with Gasteiger partial charge in [0.05, 0.1) is 20.9 Å². The van der Waals surface area contributed by atoms with Crippen molar-refractivity contribution in [3.8, 4) is 0 Å². The maximum Gasteiger partial charge on any atom is 0.411 e. The average molecular weight is 361 g/mol. The number of alkyl carbamates (subject to hydrolysis) is 1. The normalized spacial score (nSPS) is 18.1. The first kappa shape index (κ1) is 19.8. The molecule has 1 amide bonds. The Morgan fingerprint density at radius 2 is 1.92 bits per heavy atom. The quantitative estimate of drug-likeness (QED) is 0.783. The number of hydrogen-bond acceptors (Lipinski definition) is 6. The summed E-state index contributed by atoms with van der Waals surface area (Å²) < 4.78 is 9.64. The number of ether oxygens (including phenoxy) is 2. The molecule has 0 aromatic heterocycles. The number of nitrogens with zero attached hydrogens (tertiary/aromatic N) is 2. The molecule has 7 heteroatoms. The summed E-state index contributed by atoms with van der Waals surface area (Å²) in [5, 5.41) is 2.72. The number of rotatable bonds is 6. The van der Waals surface area contributed by atoms with Crippen LogP contribution in [0.5, 0.6) is 0 Å². The molecule has 1 heterocycles. The van der Waals surface area contributed by atoms with Crippen molar-refractivity contribution in [2.75, 3.05) is 27.4 Å². The third kappa shape index (κ3) is 5.23. The fourth-order valence-corrected chi connectivity index (χ4v) is 2.84. The fourth-order valence-electron chi connectivity index (χ4n) is 2.84. The molecule has 0 saturated carbocycles. The van der Waals surface area contributed by atoms with E-state index in [-0.39, 0.29) is 11.9 Å². The lowest BCUT2D eigenvalue weighted by atomic mass is 10.1. The predicted molar refractivity (Wildman–Crippen MR) is 97.8 cm³/mol. The zero-order chi connectivity index (χ0) is 19.1. The second-order valence-electron chi connectivity index (χ2n) is 6.55. The predicted octanol–water partition coefficient (Wildman–Crippen LogP) is 2.16. The Bertz CT molecular complexity index is 645. The van der Waals surface area contributed by atoms with Gasteiger partial charge in [-0.05, 0) is 11.5 Å². The minimum Gasteiger partial charge on any atom is -0.467 e. The van der Waals surface area contributed by atoms with Crippen molar-refractivity contribution < 1.29 is 19.1 Å². The Labute approximate surface area is 154 Å². The van der Waals surface area contributed by atoms with Crippen molar-refractivity contribution in [2.45, 2.75) is 26.4 Å². The SMILES string of the molecule is COC(=O)NC(=CN1CN(Cc2ccccc2)CC1C(=O)OC)C(C)C. The first-order valence-electron chi connectivity index (χ1n) is 8.61. The van der Waals surface area contributed by atoms with Crippen LogP contribution in [-0.2, 0) is 20.8 Å². The van der Waals surface area contributed by atoms with E-state index in [1.807, 2.05) is 43.1 Å². The first-order chi connectivity index (χ1) is 12.4. The Kier molecular flexibility index (Phi) is 7.03. The van der Waals surface area contributed by atoms with Gasteiger partial charge in [0, 0.05) is 25.0 Å². The lowest BCUT2D eigenvalue weighted by Gasteiger charge is -2.23. The van der Waals surface area contributed by atoms with E-state index in [0.29, 0.717) is 18.9 Å². The molecule has 1 aliphatic rings. The van der Waals surface area contributed by atoms with Gasteiger partial charge < -0.3 is 14.4 Å². The van der Waals surface area contributed by atoms with Crippen molar-refractivity contribution in [2.24, 2.45) is 5.92 Å². The number of hydrogen-bond donors (Lipinski definition) is 1. The number of amides is 1. The van der Waals surface area contributed by atoms with Crippen molar-refractivity contribution in [3.05, 3.63) is 47.8 Å². The summed E-state index contributed by atoms with van der Waals surface area (Å²) in [5.41, 5.74) is 1.87. The Hall–Kier alpha value is -2.54. The molecular formula is C19H27N3O4. The molecule has 1 N–H and O–H groups in total.